The van der Waals surface area contributed by atoms with E-state index in [1.165, 1.54) is 11.5 Å². The van der Waals surface area contributed by atoms with Crippen molar-refractivity contribution in [2.24, 2.45) is 0 Å². The Hall–Kier alpha value is -3.32. The molecule has 0 saturated heterocycles. The number of hydrogen-bond acceptors (Lipinski definition) is 6. The molecular weight excluding hydrogens is 496 g/mol. The summed E-state index contributed by atoms with van der Waals surface area (Å²) in [6.07, 6.45) is 6.71. The summed E-state index contributed by atoms with van der Waals surface area (Å²) >= 11 is 0. The average molecular weight is 524 g/mol. The molecule has 10 nitrogen and oxygen atoms in total. The molecule has 0 radical (unpaired) electrons. The van der Waals surface area contributed by atoms with Crippen LogP contribution in [0.15, 0.2) is 71.8 Å². The number of allylic oxidation sites excluding steroid dienone is 3. The lowest BCUT2D eigenvalue weighted by Crippen LogP contribution is -2.20. The fraction of sp³-hybridized carbons (Fsp3) is 0.217. The number of hydrogen-bond donors (Lipinski definition) is 4. The van der Waals surface area contributed by atoms with E-state index in [0.29, 0.717) is 5.71 Å². The van der Waals surface area contributed by atoms with Gasteiger partial charge in [-0.05, 0) is 31.2 Å². The van der Waals surface area contributed by atoms with Crippen LogP contribution in [0.2, 0.25) is 0 Å². The van der Waals surface area contributed by atoms with E-state index in [-0.39, 0.29) is 29.8 Å². The highest BCUT2D eigenvalue weighted by molar-refractivity contribution is 7.86. The molecular formula is C23H27N2O8S2+. The van der Waals surface area contributed by atoms with Gasteiger partial charge in [0.05, 0.1) is 11.3 Å². The SMILES string of the molecule is CC(/C=C/C=C/Nc1ccccc1)=[N+](/CCCS(=O)(=O)O)c1cc(S(=O)(=O)O)cc(C(=O)O)c1C. The highest BCUT2D eigenvalue weighted by Crippen LogP contribution is 2.28. The summed E-state index contributed by atoms with van der Waals surface area (Å²) in [5.74, 6) is -1.94. The Morgan fingerprint density at radius 3 is 2.29 bits per heavy atom. The second kappa shape index (κ2) is 11.9. The van der Waals surface area contributed by atoms with Crippen LogP contribution in [0.5, 0.6) is 0 Å². The molecule has 4 N–H and O–H groups in total. The molecule has 188 valence electrons. The van der Waals surface area contributed by atoms with E-state index < -0.39 is 36.9 Å². The van der Waals surface area contributed by atoms with Gasteiger partial charge in [-0.2, -0.15) is 21.4 Å². The summed E-state index contributed by atoms with van der Waals surface area (Å²) in [6, 6.07) is 11.4. The minimum atomic E-state index is -4.72. The largest absolute Gasteiger partial charge is 0.478 e. The molecule has 12 heteroatoms. The lowest BCUT2D eigenvalue weighted by molar-refractivity contribution is -0.440. The number of nitrogens with zero attached hydrogens (tertiary/aromatic N) is 1. The van der Waals surface area contributed by atoms with E-state index >= 15 is 0 Å². The van der Waals surface area contributed by atoms with Crippen molar-refractivity contribution in [1.82, 2.24) is 0 Å². The van der Waals surface area contributed by atoms with Gasteiger partial charge >= 0.3 is 5.97 Å². The Bertz CT molecular complexity index is 1380. The third-order valence-electron chi connectivity index (χ3n) is 4.95. The number of para-hydroxylation sites is 1. The molecule has 2 aromatic rings. The number of aromatic carboxylic acids is 1. The van der Waals surface area contributed by atoms with Gasteiger partial charge in [-0.15, -0.1) is 0 Å². The summed E-state index contributed by atoms with van der Waals surface area (Å²) in [4.78, 5) is 11.1. The lowest BCUT2D eigenvalue weighted by Gasteiger charge is -2.11. The van der Waals surface area contributed by atoms with Crippen molar-refractivity contribution in [3.63, 3.8) is 0 Å². The minimum Gasteiger partial charge on any atom is -0.478 e. The third kappa shape index (κ3) is 8.76. The molecule has 0 aliphatic heterocycles. The first-order chi connectivity index (χ1) is 16.3. The van der Waals surface area contributed by atoms with Gasteiger partial charge in [0.25, 0.3) is 20.2 Å². The van der Waals surface area contributed by atoms with E-state index in [1.807, 2.05) is 30.3 Å². The average Bonchev–Trinajstić information content (AvgIpc) is 2.76. The van der Waals surface area contributed by atoms with Gasteiger partial charge in [-0.25, -0.2) is 4.79 Å². The number of rotatable bonds is 11. The fourth-order valence-electron chi connectivity index (χ4n) is 3.24. The molecule has 0 saturated carbocycles. The number of carboxylic acid groups (broad SMARTS) is 1. The predicted octanol–water partition coefficient (Wildman–Crippen LogP) is 3.50. The van der Waals surface area contributed by atoms with Crippen molar-refractivity contribution < 1.29 is 40.4 Å². The quantitative estimate of drug-likeness (QED) is 0.149. The summed E-state index contributed by atoms with van der Waals surface area (Å²) in [6.45, 7) is 3.15. The van der Waals surface area contributed by atoms with Crippen LogP contribution >= 0.6 is 0 Å². The number of carboxylic acids is 1. The summed E-state index contributed by atoms with van der Waals surface area (Å²) < 4.78 is 66.0. The van der Waals surface area contributed by atoms with Crippen LogP contribution in [0.1, 0.15) is 29.3 Å². The maximum absolute atomic E-state index is 11.8. The number of anilines is 1. The van der Waals surface area contributed by atoms with E-state index in [2.05, 4.69) is 5.32 Å². The first kappa shape index (κ1) is 27.9. The second-order valence-corrected chi connectivity index (χ2v) is 10.6. The van der Waals surface area contributed by atoms with Gasteiger partial charge in [0.1, 0.15) is 11.4 Å². The predicted molar refractivity (Wildman–Crippen MR) is 133 cm³/mol. The molecule has 0 bridgehead atoms. The molecule has 0 unspecified atom stereocenters. The highest BCUT2D eigenvalue weighted by atomic mass is 32.2. The molecule has 0 aromatic heterocycles. The van der Waals surface area contributed by atoms with E-state index in [9.17, 15) is 31.3 Å². The Kier molecular flexibility index (Phi) is 9.48. The molecule has 0 fully saturated rings. The van der Waals surface area contributed by atoms with Crippen LogP contribution in [0.25, 0.3) is 0 Å². The Balaban J connectivity index is 2.51. The highest BCUT2D eigenvalue weighted by Gasteiger charge is 2.26. The number of nitrogens with one attached hydrogen (secondary N) is 1. The van der Waals surface area contributed by atoms with Crippen molar-refractivity contribution in [2.75, 3.05) is 17.6 Å². The van der Waals surface area contributed by atoms with Crippen LogP contribution in [0, 0.1) is 6.92 Å². The first-order valence-electron chi connectivity index (χ1n) is 10.4. The Morgan fingerprint density at radius 2 is 1.71 bits per heavy atom. The molecule has 0 aliphatic rings. The Labute approximate surface area is 204 Å². The van der Waals surface area contributed by atoms with Gasteiger partial charge < -0.3 is 10.4 Å². The van der Waals surface area contributed by atoms with E-state index in [1.54, 1.807) is 31.4 Å². The second-order valence-electron chi connectivity index (χ2n) is 7.56. The van der Waals surface area contributed by atoms with Crippen molar-refractivity contribution >= 4 is 43.3 Å². The van der Waals surface area contributed by atoms with Crippen LogP contribution in [0.3, 0.4) is 0 Å². The molecule has 2 aromatic carbocycles. The topological polar surface area (TPSA) is 161 Å². The van der Waals surface area contributed by atoms with E-state index in [0.717, 1.165) is 17.8 Å². The van der Waals surface area contributed by atoms with Gasteiger partial charge in [0.2, 0.25) is 5.69 Å². The molecule has 0 aliphatic carbocycles. The lowest BCUT2D eigenvalue weighted by atomic mass is 10.1. The van der Waals surface area contributed by atoms with Gasteiger partial charge in [0.15, 0.2) is 5.71 Å². The molecule has 0 spiro atoms. The summed E-state index contributed by atoms with van der Waals surface area (Å²) in [5.41, 5.74) is 1.44. The minimum absolute atomic E-state index is 0.0107. The first-order valence-corrected chi connectivity index (χ1v) is 13.4. The van der Waals surface area contributed by atoms with Crippen molar-refractivity contribution in [2.45, 2.75) is 25.2 Å². The van der Waals surface area contributed by atoms with Gasteiger partial charge in [0, 0.05) is 42.9 Å². The normalized spacial score (nSPS) is 13.3. The monoisotopic (exact) mass is 523 g/mol. The molecule has 0 amide bonds. The van der Waals surface area contributed by atoms with Gasteiger partial charge in [-0.1, -0.05) is 24.3 Å². The van der Waals surface area contributed by atoms with Crippen molar-refractivity contribution in [3.05, 3.63) is 78.0 Å². The zero-order valence-corrected chi connectivity index (χ0v) is 20.8. The summed E-state index contributed by atoms with van der Waals surface area (Å²) in [7, 11) is -8.97. The third-order valence-corrected chi connectivity index (χ3v) is 6.59. The summed E-state index contributed by atoms with van der Waals surface area (Å²) in [5, 5.41) is 12.6. The van der Waals surface area contributed by atoms with Crippen LogP contribution in [-0.2, 0) is 20.2 Å². The van der Waals surface area contributed by atoms with Crippen LogP contribution < -0.4 is 5.32 Å². The zero-order valence-electron chi connectivity index (χ0n) is 19.1. The van der Waals surface area contributed by atoms with Gasteiger partial charge in [-0.3, -0.25) is 9.11 Å². The molecule has 2 rings (SSSR count). The zero-order chi connectivity index (χ0) is 26.2. The smallest absolute Gasteiger partial charge is 0.336 e. The van der Waals surface area contributed by atoms with Crippen LogP contribution in [-0.4, -0.2) is 59.6 Å². The molecule has 35 heavy (non-hydrogen) atoms. The maximum Gasteiger partial charge on any atom is 0.336 e. The van der Waals surface area contributed by atoms with E-state index in [4.69, 9.17) is 4.55 Å². The molecule has 0 heterocycles. The van der Waals surface area contributed by atoms with Crippen molar-refractivity contribution in [3.8, 4) is 0 Å². The number of carbonyl (C=O) groups is 1. The maximum atomic E-state index is 11.8. The molecule has 0 atom stereocenters. The van der Waals surface area contributed by atoms with Crippen LogP contribution in [0.4, 0.5) is 11.4 Å². The van der Waals surface area contributed by atoms with Crippen molar-refractivity contribution in [1.29, 1.82) is 0 Å². The Morgan fingerprint density at radius 1 is 1.06 bits per heavy atom. The number of benzene rings is 2. The standard InChI is InChI=1S/C23H26N2O8S2/c1-17(9-6-7-12-24-19-10-4-3-5-11-19)25(13-8-14-34(28,29)30)22-16-20(35(31,32)33)15-21(18(22)2)23(26)27/h3-7,9-12,15-16H,8,13-14H2,1-2H3,(H3,26,27,28,29,30,31,32,33)/p+1. The fourth-order valence-corrected chi connectivity index (χ4v) is 4.26.